The molecule has 2 heterocycles. The van der Waals surface area contributed by atoms with Gasteiger partial charge in [0.1, 0.15) is 0 Å². The zero-order valence-corrected chi connectivity index (χ0v) is 9.73. The van der Waals surface area contributed by atoms with Gasteiger partial charge in [0.15, 0.2) is 0 Å². The molecule has 1 saturated heterocycles. The third-order valence-electron chi connectivity index (χ3n) is 3.18. The number of rotatable bonds is 1. The van der Waals surface area contributed by atoms with E-state index in [0.29, 0.717) is 0 Å². The minimum Gasteiger partial charge on any atom is -0.321 e. The molecule has 0 atom stereocenters. The van der Waals surface area contributed by atoms with E-state index < -0.39 is 0 Å². The normalized spacial score (nSPS) is 22.5. The molecular formula is C11H18N2S. The topological polar surface area (TPSA) is 29.3 Å². The lowest BCUT2D eigenvalue weighted by atomic mass is 9.83. The lowest BCUT2D eigenvalue weighted by Crippen LogP contribution is -2.46. The van der Waals surface area contributed by atoms with E-state index >= 15 is 0 Å². The number of likely N-dealkylation sites (tertiary alicyclic amines) is 1. The first-order valence-electron chi connectivity index (χ1n) is 5.13. The summed E-state index contributed by atoms with van der Waals surface area (Å²) in [5.41, 5.74) is 7.72. The number of piperidine rings is 1. The van der Waals surface area contributed by atoms with Crippen molar-refractivity contribution in [2.24, 2.45) is 5.73 Å². The van der Waals surface area contributed by atoms with E-state index in [4.69, 9.17) is 5.73 Å². The summed E-state index contributed by atoms with van der Waals surface area (Å²) < 4.78 is 0. The van der Waals surface area contributed by atoms with Gasteiger partial charge in [0.2, 0.25) is 0 Å². The Balaban J connectivity index is 2.16. The van der Waals surface area contributed by atoms with E-state index in [2.05, 4.69) is 30.3 Å². The minimum atomic E-state index is -0.0583. The Labute approximate surface area is 89.7 Å². The van der Waals surface area contributed by atoms with Gasteiger partial charge in [-0.3, -0.25) is 0 Å². The monoisotopic (exact) mass is 210 g/mol. The molecule has 1 aromatic heterocycles. The van der Waals surface area contributed by atoms with Crippen molar-refractivity contribution in [3.63, 3.8) is 0 Å². The van der Waals surface area contributed by atoms with Crippen molar-refractivity contribution < 1.29 is 0 Å². The second kappa shape index (κ2) is 3.65. The lowest BCUT2D eigenvalue weighted by molar-refractivity contribution is 0.191. The Kier molecular flexibility index (Phi) is 2.64. The minimum absolute atomic E-state index is 0.0583. The standard InChI is InChI=1S/C11H18N2S/c1-9-7-10(8-14-9)11(12)3-5-13(2)6-4-11/h7-8H,3-6,12H2,1-2H3. The Bertz CT molecular complexity index is 311. The van der Waals surface area contributed by atoms with Gasteiger partial charge in [-0.15, -0.1) is 11.3 Å². The van der Waals surface area contributed by atoms with E-state index in [1.54, 1.807) is 11.3 Å². The number of thiophene rings is 1. The second-order valence-corrected chi connectivity index (χ2v) is 5.52. The van der Waals surface area contributed by atoms with Gasteiger partial charge in [0, 0.05) is 10.4 Å². The molecular weight excluding hydrogens is 192 g/mol. The highest BCUT2D eigenvalue weighted by molar-refractivity contribution is 7.10. The molecule has 2 rings (SSSR count). The predicted molar refractivity (Wildman–Crippen MR) is 61.7 cm³/mol. The first-order chi connectivity index (χ1) is 6.60. The van der Waals surface area contributed by atoms with Crippen LogP contribution in [0.5, 0.6) is 0 Å². The van der Waals surface area contributed by atoms with Crippen molar-refractivity contribution in [1.82, 2.24) is 4.90 Å². The van der Waals surface area contributed by atoms with Crippen LogP contribution in [0.3, 0.4) is 0 Å². The molecule has 14 heavy (non-hydrogen) atoms. The van der Waals surface area contributed by atoms with E-state index in [1.807, 2.05) is 0 Å². The average Bonchev–Trinajstić information content (AvgIpc) is 2.58. The number of nitrogens with zero attached hydrogens (tertiary/aromatic N) is 1. The lowest BCUT2D eigenvalue weighted by Gasteiger charge is -2.37. The largest absolute Gasteiger partial charge is 0.321 e. The highest BCUT2D eigenvalue weighted by Crippen LogP contribution is 2.32. The molecule has 0 radical (unpaired) electrons. The Morgan fingerprint density at radius 1 is 1.43 bits per heavy atom. The van der Waals surface area contributed by atoms with Crippen LogP contribution >= 0.6 is 11.3 Å². The van der Waals surface area contributed by atoms with Gasteiger partial charge in [0.25, 0.3) is 0 Å². The zero-order chi connectivity index (χ0) is 10.2. The van der Waals surface area contributed by atoms with Crippen LogP contribution in [-0.4, -0.2) is 25.0 Å². The summed E-state index contributed by atoms with van der Waals surface area (Å²) in [7, 11) is 2.17. The van der Waals surface area contributed by atoms with Gasteiger partial charge < -0.3 is 10.6 Å². The van der Waals surface area contributed by atoms with Crippen molar-refractivity contribution >= 4 is 11.3 Å². The SMILES string of the molecule is Cc1cc(C2(N)CCN(C)CC2)cs1. The summed E-state index contributed by atoms with van der Waals surface area (Å²) in [5, 5.41) is 2.22. The van der Waals surface area contributed by atoms with Crippen LogP contribution in [0.2, 0.25) is 0 Å². The number of aryl methyl sites for hydroxylation is 1. The van der Waals surface area contributed by atoms with Gasteiger partial charge in [-0.1, -0.05) is 0 Å². The summed E-state index contributed by atoms with van der Waals surface area (Å²) >= 11 is 1.80. The van der Waals surface area contributed by atoms with Crippen LogP contribution in [0, 0.1) is 6.92 Å². The molecule has 1 aliphatic heterocycles. The van der Waals surface area contributed by atoms with Gasteiger partial charge in [-0.2, -0.15) is 0 Å². The molecule has 0 amide bonds. The van der Waals surface area contributed by atoms with Crippen LogP contribution in [0.15, 0.2) is 11.4 Å². The summed E-state index contributed by atoms with van der Waals surface area (Å²) in [6, 6.07) is 2.25. The molecule has 0 unspecified atom stereocenters. The van der Waals surface area contributed by atoms with Crippen molar-refractivity contribution in [2.75, 3.05) is 20.1 Å². The highest BCUT2D eigenvalue weighted by Gasteiger charge is 2.31. The Morgan fingerprint density at radius 2 is 2.07 bits per heavy atom. The maximum absolute atomic E-state index is 6.44. The molecule has 0 aromatic carbocycles. The zero-order valence-electron chi connectivity index (χ0n) is 8.92. The quantitative estimate of drug-likeness (QED) is 0.767. The molecule has 78 valence electrons. The van der Waals surface area contributed by atoms with Crippen LogP contribution in [-0.2, 0) is 5.54 Å². The van der Waals surface area contributed by atoms with Gasteiger partial charge in [-0.25, -0.2) is 0 Å². The van der Waals surface area contributed by atoms with Crippen molar-refractivity contribution in [2.45, 2.75) is 25.3 Å². The summed E-state index contributed by atoms with van der Waals surface area (Å²) in [6.45, 7) is 4.38. The fourth-order valence-corrected chi connectivity index (χ4v) is 2.82. The molecule has 3 heteroatoms. The molecule has 1 aliphatic rings. The van der Waals surface area contributed by atoms with E-state index in [9.17, 15) is 0 Å². The first kappa shape index (κ1) is 10.1. The number of hydrogen-bond donors (Lipinski definition) is 1. The fraction of sp³-hybridized carbons (Fsp3) is 0.636. The van der Waals surface area contributed by atoms with Crippen LogP contribution in [0.4, 0.5) is 0 Å². The summed E-state index contributed by atoms with van der Waals surface area (Å²) in [5.74, 6) is 0. The number of nitrogens with two attached hydrogens (primary N) is 1. The average molecular weight is 210 g/mol. The molecule has 2 nitrogen and oxygen atoms in total. The Hall–Kier alpha value is -0.380. The van der Waals surface area contributed by atoms with Gasteiger partial charge in [0.05, 0.1) is 0 Å². The molecule has 0 aliphatic carbocycles. The third-order valence-corrected chi connectivity index (χ3v) is 4.05. The van der Waals surface area contributed by atoms with Crippen LogP contribution in [0.25, 0.3) is 0 Å². The highest BCUT2D eigenvalue weighted by atomic mass is 32.1. The second-order valence-electron chi connectivity index (χ2n) is 4.41. The van der Waals surface area contributed by atoms with E-state index in [0.717, 1.165) is 25.9 Å². The maximum Gasteiger partial charge on any atom is 0.0442 e. The molecule has 0 spiro atoms. The molecule has 0 saturated carbocycles. The van der Waals surface area contributed by atoms with E-state index in [1.165, 1.54) is 10.4 Å². The molecule has 1 fully saturated rings. The van der Waals surface area contributed by atoms with Crippen LogP contribution in [0.1, 0.15) is 23.3 Å². The molecule has 0 bridgehead atoms. The Morgan fingerprint density at radius 3 is 2.57 bits per heavy atom. The molecule has 2 N–H and O–H groups in total. The van der Waals surface area contributed by atoms with Crippen molar-refractivity contribution in [1.29, 1.82) is 0 Å². The summed E-state index contributed by atoms with van der Waals surface area (Å²) in [4.78, 5) is 3.72. The third kappa shape index (κ3) is 1.85. The van der Waals surface area contributed by atoms with Crippen molar-refractivity contribution in [3.05, 3.63) is 21.9 Å². The van der Waals surface area contributed by atoms with Gasteiger partial charge >= 0.3 is 0 Å². The van der Waals surface area contributed by atoms with Crippen molar-refractivity contribution in [3.8, 4) is 0 Å². The van der Waals surface area contributed by atoms with Gasteiger partial charge in [-0.05, 0) is 56.9 Å². The van der Waals surface area contributed by atoms with Crippen LogP contribution < -0.4 is 5.73 Å². The fourth-order valence-electron chi connectivity index (χ4n) is 2.01. The molecule has 1 aromatic rings. The predicted octanol–water partition coefficient (Wildman–Crippen LogP) is 1.94. The maximum atomic E-state index is 6.44. The summed E-state index contributed by atoms with van der Waals surface area (Å²) in [6.07, 6.45) is 2.17. The first-order valence-corrected chi connectivity index (χ1v) is 6.01. The number of hydrogen-bond acceptors (Lipinski definition) is 3. The smallest absolute Gasteiger partial charge is 0.0442 e. The van der Waals surface area contributed by atoms with E-state index in [-0.39, 0.29) is 5.54 Å².